The summed E-state index contributed by atoms with van der Waals surface area (Å²) in [6.07, 6.45) is 14.5. The highest BCUT2D eigenvalue weighted by Gasteiger charge is 2.22. The van der Waals surface area contributed by atoms with Crippen LogP contribution in [0.4, 0.5) is 0 Å². The third kappa shape index (κ3) is 3.85. The van der Waals surface area contributed by atoms with Crippen molar-refractivity contribution in [2.45, 2.75) is 51.7 Å². The van der Waals surface area contributed by atoms with Crippen LogP contribution in [0.3, 0.4) is 0 Å². The Hall–Kier alpha value is -2.47. The van der Waals surface area contributed by atoms with Gasteiger partial charge in [0.25, 0.3) is 0 Å². The van der Waals surface area contributed by atoms with E-state index in [1.807, 2.05) is 30.7 Å². The number of imidazole rings is 1. The van der Waals surface area contributed by atoms with Crippen molar-refractivity contribution in [3.8, 4) is 11.6 Å². The molecule has 1 unspecified atom stereocenters. The zero-order valence-electron chi connectivity index (χ0n) is 15.2. The lowest BCUT2D eigenvalue weighted by molar-refractivity contribution is 0.128. The molecular weight excluding hydrogens is 326 g/mol. The lowest BCUT2D eigenvalue weighted by atomic mass is 9.98. The SMILES string of the molecule is Cc1nccn1CCC1CCCCN1Cc1cnc(-c2ccco2)nc1. The molecular formula is C20H25N5O. The number of hydrogen-bond donors (Lipinski definition) is 0. The van der Waals surface area contributed by atoms with Crippen molar-refractivity contribution < 1.29 is 4.42 Å². The van der Waals surface area contributed by atoms with Crippen molar-refractivity contribution in [1.29, 1.82) is 0 Å². The smallest absolute Gasteiger partial charge is 0.195 e. The molecule has 0 aliphatic carbocycles. The number of nitrogens with zero attached hydrogens (tertiary/aromatic N) is 5. The van der Waals surface area contributed by atoms with E-state index in [0.717, 1.165) is 37.4 Å². The van der Waals surface area contributed by atoms with Gasteiger partial charge >= 0.3 is 0 Å². The fourth-order valence-corrected chi connectivity index (χ4v) is 3.73. The van der Waals surface area contributed by atoms with E-state index in [-0.39, 0.29) is 0 Å². The van der Waals surface area contributed by atoms with Gasteiger partial charge in [-0.2, -0.15) is 0 Å². The fourth-order valence-electron chi connectivity index (χ4n) is 3.73. The van der Waals surface area contributed by atoms with Gasteiger partial charge in [0.1, 0.15) is 5.82 Å². The Morgan fingerprint density at radius 2 is 2.08 bits per heavy atom. The third-order valence-corrected chi connectivity index (χ3v) is 5.21. The van der Waals surface area contributed by atoms with Crippen LogP contribution in [0.1, 0.15) is 37.1 Å². The lowest BCUT2D eigenvalue weighted by Gasteiger charge is -2.36. The molecule has 0 saturated carbocycles. The molecule has 1 aliphatic rings. The van der Waals surface area contributed by atoms with Crippen LogP contribution in [-0.4, -0.2) is 37.0 Å². The Kier molecular flexibility index (Phi) is 5.11. The van der Waals surface area contributed by atoms with E-state index < -0.39 is 0 Å². The summed E-state index contributed by atoms with van der Waals surface area (Å²) >= 11 is 0. The van der Waals surface area contributed by atoms with Gasteiger partial charge in [-0.3, -0.25) is 4.90 Å². The van der Waals surface area contributed by atoms with E-state index >= 15 is 0 Å². The molecule has 4 rings (SSSR count). The molecule has 4 heterocycles. The minimum atomic E-state index is 0.607. The topological polar surface area (TPSA) is 60.0 Å². The molecule has 0 N–H and O–H groups in total. The normalized spacial score (nSPS) is 18.3. The fraction of sp³-hybridized carbons (Fsp3) is 0.450. The number of piperidine rings is 1. The zero-order valence-corrected chi connectivity index (χ0v) is 15.2. The van der Waals surface area contributed by atoms with Crippen molar-refractivity contribution in [2.24, 2.45) is 0 Å². The van der Waals surface area contributed by atoms with E-state index in [4.69, 9.17) is 4.42 Å². The molecule has 1 atom stereocenters. The van der Waals surface area contributed by atoms with Crippen molar-refractivity contribution >= 4 is 0 Å². The van der Waals surface area contributed by atoms with Crippen LogP contribution in [0, 0.1) is 6.92 Å². The van der Waals surface area contributed by atoms with Crippen molar-refractivity contribution in [3.05, 3.63) is 54.6 Å². The molecule has 0 amide bonds. The molecule has 0 aromatic carbocycles. The number of furan rings is 1. The monoisotopic (exact) mass is 351 g/mol. The van der Waals surface area contributed by atoms with Gasteiger partial charge in [0.2, 0.25) is 0 Å². The van der Waals surface area contributed by atoms with Gasteiger partial charge < -0.3 is 8.98 Å². The predicted octanol–water partition coefficient (Wildman–Crippen LogP) is 3.69. The maximum absolute atomic E-state index is 5.36. The summed E-state index contributed by atoms with van der Waals surface area (Å²) in [5.41, 5.74) is 1.16. The van der Waals surface area contributed by atoms with E-state index in [0.29, 0.717) is 17.6 Å². The molecule has 1 aliphatic heterocycles. The molecule has 0 radical (unpaired) electrons. The van der Waals surface area contributed by atoms with E-state index in [1.54, 1.807) is 6.26 Å². The van der Waals surface area contributed by atoms with Crippen LogP contribution in [-0.2, 0) is 13.1 Å². The Bertz CT molecular complexity index is 809. The molecule has 3 aromatic rings. The second-order valence-electron chi connectivity index (χ2n) is 6.97. The van der Waals surface area contributed by atoms with Crippen molar-refractivity contribution in [1.82, 2.24) is 24.4 Å². The minimum absolute atomic E-state index is 0.607. The zero-order chi connectivity index (χ0) is 17.8. The first-order valence-corrected chi connectivity index (χ1v) is 9.36. The highest BCUT2D eigenvalue weighted by molar-refractivity contribution is 5.45. The summed E-state index contributed by atoms with van der Waals surface area (Å²) in [7, 11) is 0. The Morgan fingerprint density at radius 3 is 2.81 bits per heavy atom. The molecule has 1 fully saturated rings. The highest BCUT2D eigenvalue weighted by atomic mass is 16.3. The lowest BCUT2D eigenvalue weighted by Crippen LogP contribution is -2.39. The number of aryl methyl sites for hydroxylation is 2. The van der Waals surface area contributed by atoms with Gasteiger partial charge in [0, 0.05) is 49.5 Å². The second kappa shape index (κ2) is 7.83. The van der Waals surface area contributed by atoms with Gasteiger partial charge in [0.05, 0.1) is 6.26 Å². The Labute approximate surface area is 153 Å². The number of rotatable bonds is 6. The summed E-state index contributed by atoms with van der Waals surface area (Å²) < 4.78 is 7.60. The summed E-state index contributed by atoms with van der Waals surface area (Å²) in [5.74, 6) is 2.45. The van der Waals surface area contributed by atoms with Crippen LogP contribution >= 0.6 is 0 Å². The molecule has 6 nitrogen and oxygen atoms in total. The predicted molar refractivity (Wildman–Crippen MR) is 99.4 cm³/mol. The summed E-state index contributed by atoms with van der Waals surface area (Å²) in [4.78, 5) is 15.8. The highest BCUT2D eigenvalue weighted by Crippen LogP contribution is 2.23. The van der Waals surface area contributed by atoms with E-state index in [2.05, 4.69) is 37.5 Å². The molecule has 0 bridgehead atoms. The minimum Gasteiger partial charge on any atom is -0.461 e. The molecule has 3 aromatic heterocycles. The Morgan fingerprint density at radius 1 is 1.19 bits per heavy atom. The third-order valence-electron chi connectivity index (χ3n) is 5.21. The van der Waals surface area contributed by atoms with Crippen LogP contribution in [0.5, 0.6) is 0 Å². The second-order valence-corrected chi connectivity index (χ2v) is 6.97. The molecule has 0 spiro atoms. The van der Waals surface area contributed by atoms with Crippen LogP contribution in [0.25, 0.3) is 11.6 Å². The largest absolute Gasteiger partial charge is 0.461 e. The standard InChI is InChI=1S/C20H25N5O/c1-16-21-8-11-24(16)10-7-18-5-2-3-9-25(18)15-17-13-22-20(23-14-17)19-6-4-12-26-19/h4,6,8,11-14,18H,2-3,5,7,9-10,15H2,1H3. The average molecular weight is 351 g/mol. The summed E-state index contributed by atoms with van der Waals surface area (Å²) in [6, 6.07) is 4.34. The van der Waals surface area contributed by atoms with Crippen molar-refractivity contribution in [3.63, 3.8) is 0 Å². The van der Waals surface area contributed by atoms with E-state index in [9.17, 15) is 0 Å². The average Bonchev–Trinajstić information content (AvgIpc) is 3.34. The maximum Gasteiger partial charge on any atom is 0.195 e. The number of aromatic nitrogens is 4. The first-order chi connectivity index (χ1) is 12.8. The molecule has 6 heteroatoms. The van der Waals surface area contributed by atoms with Gasteiger partial charge in [-0.15, -0.1) is 0 Å². The molecule has 1 saturated heterocycles. The van der Waals surface area contributed by atoms with Crippen LogP contribution < -0.4 is 0 Å². The van der Waals surface area contributed by atoms with Crippen LogP contribution in [0.15, 0.2) is 47.6 Å². The maximum atomic E-state index is 5.36. The summed E-state index contributed by atoms with van der Waals surface area (Å²) in [6.45, 7) is 5.15. The van der Waals surface area contributed by atoms with Gasteiger partial charge in [-0.05, 0) is 44.9 Å². The Balaban J connectivity index is 1.39. The molecule has 26 heavy (non-hydrogen) atoms. The number of likely N-dealkylation sites (tertiary alicyclic amines) is 1. The first-order valence-electron chi connectivity index (χ1n) is 9.36. The molecule has 136 valence electrons. The summed E-state index contributed by atoms with van der Waals surface area (Å²) in [5, 5.41) is 0. The number of hydrogen-bond acceptors (Lipinski definition) is 5. The van der Waals surface area contributed by atoms with Gasteiger partial charge in [0.15, 0.2) is 11.6 Å². The van der Waals surface area contributed by atoms with Crippen molar-refractivity contribution in [2.75, 3.05) is 6.54 Å². The van der Waals surface area contributed by atoms with Crippen LogP contribution in [0.2, 0.25) is 0 Å². The quantitative estimate of drug-likeness (QED) is 0.678. The first kappa shape index (κ1) is 17.0. The van der Waals surface area contributed by atoms with Gasteiger partial charge in [-0.25, -0.2) is 15.0 Å². The van der Waals surface area contributed by atoms with Gasteiger partial charge in [-0.1, -0.05) is 6.42 Å². The van der Waals surface area contributed by atoms with E-state index in [1.165, 1.54) is 19.3 Å².